The summed E-state index contributed by atoms with van der Waals surface area (Å²) in [6.07, 6.45) is 0. The molecular formula is C18H14Cl4Si2. The van der Waals surface area contributed by atoms with Crippen molar-refractivity contribution in [3.05, 3.63) is 80.8 Å². The summed E-state index contributed by atoms with van der Waals surface area (Å²) in [6, 6.07) is 20.5. The van der Waals surface area contributed by atoms with Gasteiger partial charge in [0.05, 0.1) is 39.1 Å². The topological polar surface area (TPSA) is 0 Å². The summed E-state index contributed by atoms with van der Waals surface area (Å²) >= 11 is 24.8. The molecule has 0 saturated carbocycles. The zero-order valence-corrected chi connectivity index (χ0v) is 18.6. The van der Waals surface area contributed by atoms with Gasteiger partial charge in [-0.25, -0.2) is 0 Å². The maximum Gasteiger partial charge on any atom is 0.0895 e. The normalized spacial score (nSPS) is 11.8. The van der Waals surface area contributed by atoms with Crippen LogP contribution < -0.4 is 20.7 Å². The van der Waals surface area contributed by atoms with Crippen molar-refractivity contribution in [2.24, 2.45) is 0 Å². The van der Waals surface area contributed by atoms with Crippen molar-refractivity contribution in [2.75, 3.05) is 0 Å². The first-order valence-electron chi connectivity index (χ1n) is 7.48. The molecule has 0 fully saturated rings. The lowest BCUT2D eigenvalue weighted by Gasteiger charge is -2.08. The molecule has 0 N–H and O–H groups in total. The van der Waals surface area contributed by atoms with E-state index in [9.17, 15) is 0 Å². The molecule has 0 amide bonds. The first-order valence-corrected chi connectivity index (χ1v) is 11.8. The van der Waals surface area contributed by atoms with E-state index in [1.165, 1.54) is 20.7 Å². The molecule has 0 aliphatic rings. The number of halogens is 4. The molecule has 0 saturated heterocycles. The largest absolute Gasteiger partial charge is 0.0895 e. The first kappa shape index (κ1) is 18.1. The van der Waals surface area contributed by atoms with E-state index < -0.39 is 19.0 Å². The minimum absolute atomic E-state index is 0.626. The fourth-order valence-electron chi connectivity index (χ4n) is 2.58. The number of benzene rings is 3. The third-order valence-corrected chi connectivity index (χ3v) is 9.74. The highest BCUT2D eigenvalue weighted by atomic mass is 35.5. The molecule has 3 rings (SSSR count). The van der Waals surface area contributed by atoms with Gasteiger partial charge in [-0.3, -0.25) is 0 Å². The lowest BCUT2D eigenvalue weighted by Crippen LogP contribution is -2.32. The van der Waals surface area contributed by atoms with Crippen LogP contribution in [0.3, 0.4) is 0 Å². The Bertz CT molecular complexity index is 791. The van der Waals surface area contributed by atoms with Crippen LogP contribution in [0.2, 0.25) is 20.1 Å². The van der Waals surface area contributed by atoms with E-state index in [-0.39, 0.29) is 0 Å². The van der Waals surface area contributed by atoms with Crippen LogP contribution in [-0.4, -0.2) is 19.0 Å². The van der Waals surface area contributed by atoms with Crippen molar-refractivity contribution in [1.82, 2.24) is 0 Å². The van der Waals surface area contributed by atoms with E-state index in [0.717, 1.165) is 0 Å². The summed E-state index contributed by atoms with van der Waals surface area (Å²) in [4.78, 5) is 0. The van der Waals surface area contributed by atoms with Gasteiger partial charge in [-0.1, -0.05) is 105 Å². The smallest absolute Gasteiger partial charge is 0.0829 e. The van der Waals surface area contributed by atoms with Gasteiger partial charge in [0.25, 0.3) is 0 Å². The van der Waals surface area contributed by atoms with E-state index in [4.69, 9.17) is 46.4 Å². The molecule has 0 bridgehead atoms. The molecule has 6 heteroatoms. The Hall–Kier alpha value is -0.746. The third-order valence-electron chi connectivity index (χ3n) is 3.88. The van der Waals surface area contributed by atoms with Gasteiger partial charge in [0.1, 0.15) is 0 Å². The van der Waals surface area contributed by atoms with Gasteiger partial charge >= 0.3 is 0 Å². The molecule has 0 atom stereocenters. The maximum absolute atomic E-state index is 6.30. The molecule has 0 nitrogen and oxygen atoms in total. The summed E-state index contributed by atoms with van der Waals surface area (Å²) in [7, 11) is -1.27. The Balaban J connectivity index is 1.76. The van der Waals surface area contributed by atoms with Crippen LogP contribution in [0.15, 0.2) is 60.7 Å². The zero-order valence-electron chi connectivity index (χ0n) is 12.7. The average molecular weight is 428 g/mol. The molecule has 3 aromatic rings. The molecule has 0 aliphatic heterocycles. The molecule has 122 valence electrons. The number of rotatable bonds is 4. The molecule has 0 radical (unpaired) electrons. The first-order chi connectivity index (χ1) is 11.5. The van der Waals surface area contributed by atoms with Crippen molar-refractivity contribution in [2.45, 2.75) is 0 Å². The van der Waals surface area contributed by atoms with Crippen LogP contribution in [0.1, 0.15) is 0 Å². The predicted octanol–water partition coefficient (Wildman–Crippen LogP) is 2.54. The molecule has 0 aliphatic carbocycles. The van der Waals surface area contributed by atoms with E-state index >= 15 is 0 Å². The zero-order chi connectivity index (χ0) is 17.1. The van der Waals surface area contributed by atoms with E-state index in [1.807, 2.05) is 24.3 Å². The highest BCUT2D eigenvalue weighted by molar-refractivity contribution is 6.72. The molecule has 0 heterocycles. The second kappa shape index (κ2) is 8.09. The lowest BCUT2D eigenvalue weighted by molar-refractivity contribution is 1.75. The summed E-state index contributed by atoms with van der Waals surface area (Å²) in [5.41, 5.74) is 0. The fourth-order valence-corrected chi connectivity index (χ4v) is 6.87. The fraction of sp³-hybridized carbons (Fsp3) is 0. The van der Waals surface area contributed by atoms with Crippen LogP contribution in [0.4, 0.5) is 0 Å². The Morgan fingerprint density at radius 3 is 1.25 bits per heavy atom. The Morgan fingerprint density at radius 1 is 0.500 bits per heavy atom. The van der Waals surface area contributed by atoms with E-state index in [2.05, 4.69) is 36.4 Å². The number of hydrogen-bond acceptors (Lipinski definition) is 0. The monoisotopic (exact) mass is 426 g/mol. The van der Waals surface area contributed by atoms with E-state index in [1.54, 1.807) is 0 Å². The van der Waals surface area contributed by atoms with Crippen LogP contribution in [0.25, 0.3) is 0 Å². The number of hydrogen-bond donors (Lipinski definition) is 0. The van der Waals surface area contributed by atoms with Gasteiger partial charge in [-0.2, -0.15) is 0 Å². The predicted molar refractivity (Wildman–Crippen MR) is 115 cm³/mol. The van der Waals surface area contributed by atoms with Crippen molar-refractivity contribution >= 4 is 86.2 Å². The van der Waals surface area contributed by atoms with Gasteiger partial charge in [-0.05, 0) is 22.5 Å². The lowest BCUT2D eigenvalue weighted by atomic mass is 10.3. The molecule has 3 aromatic carbocycles. The van der Waals surface area contributed by atoms with E-state index in [0.29, 0.717) is 20.1 Å². The summed E-state index contributed by atoms with van der Waals surface area (Å²) in [5.74, 6) is 0. The SMILES string of the molecule is Clc1cccc([SiH2]c2ccc([SiH2]c3cccc(Cl)c3Cl)cc2)c1Cl. The Kier molecular flexibility index (Phi) is 6.09. The maximum atomic E-state index is 6.30. The quantitative estimate of drug-likeness (QED) is 0.561. The standard InChI is InChI=1S/C18H14Cl4Si2/c19-13-3-1-5-15(17(13)21)23-11-7-9-12(10-8-11)24-16-6-2-4-14(20)18(16)22/h1-10H,23-24H2. The molecule has 0 aromatic heterocycles. The Morgan fingerprint density at radius 2 is 0.875 bits per heavy atom. The molecule has 0 unspecified atom stereocenters. The van der Waals surface area contributed by atoms with Gasteiger partial charge in [0.15, 0.2) is 0 Å². The summed E-state index contributed by atoms with van der Waals surface area (Å²) in [5, 5.41) is 7.66. The van der Waals surface area contributed by atoms with Gasteiger partial charge in [0, 0.05) is 0 Å². The van der Waals surface area contributed by atoms with Crippen LogP contribution in [0.5, 0.6) is 0 Å². The minimum atomic E-state index is -0.633. The molecule has 24 heavy (non-hydrogen) atoms. The van der Waals surface area contributed by atoms with Crippen LogP contribution >= 0.6 is 46.4 Å². The minimum Gasteiger partial charge on any atom is -0.0829 e. The van der Waals surface area contributed by atoms with Crippen LogP contribution in [0, 0.1) is 0 Å². The highest BCUT2D eigenvalue weighted by Gasteiger charge is 2.08. The Labute approximate surface area is 166 Å². The third kappa shape index (κ3) is 4.26. The van der Waals surface area contributed by atoms with Gasteiger partial charge in [-0.15, -0.1) is 0 Å². The van der Waals surface area contributed by atoms with Crippen molar-refractivity contribution in [3.8, 4) is 0 Å². The van der Waals surface area contributed by atoms with Gasteiger partial charge in [0.2, 0.25) is 0 Å². The van der Waals surface area contributed by atoms with Crippen molar-refractivity contribution in [1.29, 1.82) is 0 Å². The second-order valence-electron chi connectivity index (χ2n) is 5.60. The van der Waals surface area contributed by atoms with Crippen molar-refractivity contribution in [3.63, 3.8) is 0 Å². The van der Waals surface area contributed by atoms with Gasteiger partial charge < -0.3 is 0 Å². The summed E-state index contributed by atoms with van der Waals surface area (Å²) in [6.45, 7) is 0. The highest BCUT2D eigenvalue weighted by Crippen LogP contribution is 2.18. The summed E-state index contributed by atoms with van der Waals surface area (Å²) < 4.78 is 0. The van der Waals surface area contributed by atoms with Crippen molar-refractivity contribution < 1.29 is 0 Å². The molecule has 0 spiro atoms. The average Bonchev–Trinajstić information content (AvgIpc) is 2.58. The second-order valence-corrected chi connectivity index (χ2v) is 11.0. The van der Waals surface area contributed by atoms with Crippen LogP contribution in [-0.2, 0) is 0 Å². The molecular weight excluding hydrogens is 414 g/mol.